The van der Waals surface area contributed by atoms with Crippen LogP contribution < -0.4 is 5.32 Å². The Kier molecular flexibility index (Phi) is 4.84. The molecule has 0 saturated heterocycles. The van der Waals surface area contributed by atoms with Crippen molar-refractivity contribution in [3.05, 3.63) is 76.5 Å². The van der Waals surface area contributed by atoms with Crippen LogP contribution >= 0.6 is 0 Å². The number of hydrogen-bond donors (Lipinski definition) is 2. The fourth-order valence-electron chi connectivity index (χ4n) is 2.45. The zero-order chi connectivity index (χ0) is 17.6. The van der Waals surface area contributed by atoms with Gasteiger partial charge in [-0.1, -0.05) is 42.5 Å². The number of H-pyrrole nitrogens is 1. The highest BCUT2D eigenvalue weighted by Crippen LogP contribution is 2.23. The SMILES string of the molecule is O=C(CCc1cc(-c2ccccc2)n[nH]1)Nc1ccccc1[N+](=O)[O-]. The van der Waals surface area contributed by atoms with E-state index in [0.29, 0.717) is 6.42 Å². The lowest BCUT2D eigenvalue weighted by Gasteiger charge is -2.05. The largest absolute Gasteiger partial charge is 0.320 e. The molecule has 126 valence electrons. The van der Waals surface area contributed by atoms with E-state index in [1.165, 1.54) is 12.1 Å². The van der Waals surface area contributed by atoms with Crippen molar-refractivity contribution in [2.24, 2.45) is 0 Å². The standard InChI is InChI=1S/C18H16N4O3/c23-18(19-15-8-4-5-9-17(15)22(24)25)11-10-14-12-16(21-20-14)13-6-2-1-3-7-13/h1-9,12H,10-11H2,(H,19,23)(H,20,21). The van der Waals surface area contributed by atoms with Gasteiger partial charge in [-0.25, -0.2) is 0 Å². The smallest absolute Gasteiger partial charge is 0.292 e. The average Bonchev–Trinajstić information content (AvgIpc) is 3.10. The molecule has 0 spiro atoms. The first-order valence-corrected chi connectivity index (χ1v) is 7.76. The van der Waals surface area contributed by atoms with Crippen molar-refractivity contribution >= 4 is 17.3 Å². The van der Waals surface area contributed by atoms with E-state index in [-0.39, 0.29) is 23.7 Å². The lowest BCUT2D eigenvalue weighted by Crippen LogP contribution is -2.13. The first-order chi connectivity index (χ1) is 12.1. The predicted octanol–water partition coefficient (Wildman–Crippen LogP) is 3.56. The highest BCUT2D eigenvalue weighted by Gasteiger charge is 2.15. The van der Waals surface area contributed by atoms with Crippen molar-refractivity contribution in [3.63, 3.8) is 0 Å². The molecule has 3 aromatic rings. The molecule has 25 heavy (non-hydrogen) atoms. The fourth-order valence-corrected chi connectivity index (χ4v) is 2.45. The van der Waals surface area contributed by atoms with Crippen molar-refractivity contribution in [1.29, 1.82) is 0 Å². The third-order valence-electron chi connectivity index (χ3n) is 3.70. The van der Waals surface area contributed by atoms with Crippen LogP contribution in [0.25, 0.3) is 11.3 Å². The van der Waals surface area contributed by atoms with Crippen LogP contribution in [0.4, 0.5) is 11.4 Å². The molecule has 3 rings (SSSR count). The number of carbonyl (C=O) groups excluding carboxylic acids is 1. The van der Waals surface area contributed by atoms with E-state index in [0.717, 1.165) is 17.0 Å². The average molecular weight is 336 g/mol. The summed E-state index contributed by atoms with van der Waals surface area (Å²) in [6, 6.07) is 17.7. The zero-order valence-electron chi connectivity index (χ0n) is 13.3. The van der Waals surface area contributed by atoms with Gasteiger partial charge in [-0.05, 0) is 18.6 Å². The monoisotopic (exact) mass is 336 g/mol. The molecule has 1 amide bonds. The van der Waals surface area contributed by atoms with E-state index >= 15 is 0 Å². The molecule has 0 aliphatic rings. The van der Waals surface area contributed by atoms with Crippen LogP contribution in [-0.4, -0.2) is 21.0 Å². The van der Waals surface area contributed by atoms with Crippen LogP contribution in [0.3, 0.4) is 0 Å². The molecule has 7 nitrogen and oxygen atoms in total. The summed E-state index contributed by atoms with van der Waals surface area (Å²) < 4.78 is 0. The minimum Gasteiger partial charge on any atom is -0.320 e. The van der Waals surface area contributed by atoms with Crippen molar-refractivity contribution in [2.45, 2.75) is 12.8 Å². The number of para-hydroxylation sites is 2. The number of aromatic nitrogens is 2. The number of nitro benzene ring substituents is 1. The first kappa shape index (κ1) is 16.4. The van der Waals surface area contributed by atoms with Crippen LogP contribution in [0.5, 0.6) is 0 Å². The van der Waals surface area contributed by atoms with Gasteiger partial charge in [0.15, 0.2) is 0 Å². The minimum atomic E-state index is -0.517. The number of hydrogen-bond acceptors (Lipinski definition) is 4. The molecule has 0 aliphatic carbocycles. The van der Waals surface area contributed by atoms with Crippen LogP contribution in [-0.2, 0) is 11.2 Å². The predicted molar refractivity (Wildman–Crippen MR) is 94.1 cm³/mol. The maximum Gasteiger partial charge on any atom is 0.292 e. The molecule has 0 aliphatic heterocycles. The lowest BCUT2D eigenvalue weighted by molar-refractivity contribution is -0.383. The molecule has 0 radical (unpaired) electrons. The van der Waals surface area contributed by atoms with E-state index < -0.39 is 4.92 Å². The Bertz CT molecular complexity index is 890. The second kappa shape index (κ2) is 7.39. The second-order valence-corrected chi connectivity index (χ2v) is 5.47. The van der Waals surface area contributed by atoms with Crippen LogP contribution in [0.2, 0.25) is 0 Å². The molecule has 1 aromatic heterocycles. The Morgan fingerprint density at radius 1 is 1.12 bits per heavy atom. The Morgan fingerprint density at radius 3 is 2.60 bits per heavy atom. The van der Waals surface area contributed by atoms with Gasteiger partial charge in [0.2, 0.25) is 5.91 Å². The number of aryl methyl sites for hydroxylation is 1. The van der Waals surface area contributed by atoms with E-state index in [1.807, 2.05) is 36.4 Å². The number of nitrogens with one attached hydrogen (secondary N) is 2. The second-order valence-electron chi connectivity index (χ2n) is 5.47. The fraction of sp³-hybridized carbons (Fsp3) is 0.111. The quantitative estimate of drug-likeness (QED) is 0.531. The molecule has 0 bridgehead atoms. The Labute approximate surface area is 143 Å². The Morgan fingerprint density at radius 2 is 1.84 bits per heavy atom. The zero-order valence-corrected chi connectivity index (χ0v) is 13.3. The van der Waals surface area contributed by atoms with Crippen LogP contribution in [0.15, 0.2) is 60.7 Å². The van der Waals surface area contributed by atoms with Gasteiger partial charge >= 0.3 is 0 Å². The van der Waals surface area contributed by atoms with Crippen LogP contribution in [0, 0.1) is 10.1 Å². The van der Waals surface area contributed by atoms with Gasteiger partial charge in [-0.3, -0.25) is 20.0 Å². The first-order valence-electron chi connectivity index (χ1n) is 7.76. The summed E-state index contributed by atoms with van der Waals surface area (Å²) in [5, 5.41) is 20.7. The summed E-state index contributed by atoms with van der Waals surface area (Å²) in [4.78, 5) is 22.5. The molecule has 7 heteroatoms. The van der Waals surface area contributed by atoms with Gasteiger partial charge in [-0.15, -0.1) is 0 Å². The molecule has 0 atom stereocenters. The summed E-state index contributed by atoms with van der Waals surface area (Å²) >= 11 is 0. The Balaban J connectivity index is 1.60. The number of nitro groups is 1. The molecule has 0 fully saturated rings. The van der Waals surface area contributed by atoms with Gasteiger partial charge in [0.25, 0.3) is 5.69 Å². The lowest BCUT2D eigenvalue weighted by atomic mass is 10.1. The minimum absolute atomic E-state index is 0.122. The number of aromatic amines is 1. The van der Waals surface area contributed by atoms with Crippen molar-refractivity contribution in [1.82, 2.24) is 10.2 Å². The third kappa shape index (κ3) is 4.08. The summed E-state index contributed by atoms with van der Waals surface area (Å²) in [5.74, 6) is -0.287. The molecule has 2 aromatic carbocycles. The molecule has 0 saturated carbocycles. The molecule has 2 N–H and O–H groups in total. The van der Waals surface area contributed by atoms with E-state index in [9.17, 15) is 14.9 Å². The number of anilines is 1. The van der Waals surface area contributed by atoms with E-state index in [4.69, 9.17) is 0 Å². The van der Waals surface area contributed by atoms with Gasteiger partial charge in [0, 0.05) is 23.7 Å². The van der Waals surface area contributed by atoms with Crippen LogP contribution in [0.1, 0.15) is 12.1 Å². The normalized spacial score (nSPS) is 10.4. The van der Waals surface area contributed by atoms with Gasteiger partial charge < -0.3 is 5.32 Å². The van der Waals surface area contributed by atoms with Crippen molar-refractivity contribution in [3.8, 4) is 11.3 Å². The topological polar surface area (TPSA) is 101 Å². The summed E-state index contributed by atoms with van der Waals surface area (Å²) in [6.07, 6.45) is 0.661. The van der Waals surface area contributed by atoms with Gasteiger partial charge in [-0.2, -0.15) is 5.10 Å². The molecular weight excluding hydrogens is 320 g/mol. The number of amides is 1. The summed E-state index contributed by atoms with van der Waals surface area (Å²) in [7, 11) is 0. The van der Waals surface area contributed by atoms with Gasteiger partial charge in [0.1, 0.15) is 5.69 Å². The number of benzene rings is 2. The molecule has 0 unspecified atom stereocenters. The highest BCUT2D eigenvalue weighted by molar-refractivity contribution is 5.93. The number of carbonyl (C=O) groups is 1. The summed E-state index contributed by atoms with van der Waals surface area (Å²) in [6.45, 7) is 0. The maximum atomic E-state index is 12.1. The molecule has 1 heterocycles. The third-order valence-corrected chi connectivity index (χ3v) is 3.70. The maximum absolute atomic E-state index is 12.1. The van der Waals surface area contributed by atoms with Crippen molar-refractivity contribution in [2.75, 3.05) is 5.32 Å². The van der Waals surface area contributed by atoms with Crippen molar-refractivity contribution < 1.29 is 9.72 Å². The number of rotatable bonds is 6. The number of nitrogens with zero attached hydrogens (tertiary/aromatic N) is 2. The van der Waals surface area contributed by atoms with E-state index in [2.05, 4.69) is 15.5 Å². The summed E-state index contributed by atoms with van der Waals surface area (Å²) in [5.41, 5.74) is 2.72. The molecular formula is C18H16N4O3. The highest BCUT2D eigenvalue weighted by atomic mass is 16.6. The Hall–Kier alpha value is -3.48. The van der Waals surface area contributed by atoms with Gasteiger partial charge in [0.05, 0.1) is 10.6 Å². The van der Waals surface area contributed by atoms with E-state index in [1.54, 1.807) is 12.1 Å².